The average Bonchev–Trinajstić information content (AvgIpc) is 2.68. The highest BCUT2D eigenvalue weighted by molar-refractivity contribution is 6.30. The molecule has 4 heteroatoms. The van der Waals surface area contributed by atoms with Crippen LogP contribution in [0, 0.1) is 0 Å². The van der Waals surface area contributed by atoms with Crippen molar-refractivity contribution in [1.29, 1.82) is 0 Å². The van der Waals surface area contributed by atoms with E-state index >= 15 is 0 Å². The van der Waals surface area contributed by atoms with E-state index < -0.39 is 0 Å². The van der Waals surface area contributed by atoms with Crippen LogP contribution in [0.2, 0.25) is 5.02 Å². The molecule has 0 amide bonds. The van der Waals surface area contributed by atoms with Crippen molar-refractivity contribution in [3.05, 3.63) is 42.1 Å². The van der Waals surface area contributed by atoms with Gasteiger partial charge in [0, 0.05) is 31.2 Å². The van der Waals surface area contributed by atoms with Crippen molar-refractivity contribution < 1.29 is 4.74 Å². The van der Waals surface area contributed by atoms with Crippen LogP contribution in [-0.4, -0.2) is 50.1 Å². The number of ether oxygens (including phenoxy) is 1. The molecule has 1 aromatic rings. The van der Waals surface area contributed by atoms with Crippen LogP contribution < -0.4 is 4.74 Å². The second kappa shape index (κ2) is 21.8. The third-order valence-electron chi connectivity index (χ3n) is 2.85. The molecule has 0 aliphatic carbocycles. The molecular formula is C20H39ClN2O. The first-order chi connectivity index (χ1) is 11.7. The predicted octanol–water partition coefficient (Wildman–Crippen LogP) is 5.80. The van der Waals surface area contributed by atoms with Crippen LogP contribution >= 0.6 is 11.6 Å². The van der Waals surface area contributed by atoms with Gasteiger partial charge in [0.25, 0.3) is 0 Å². The molecule has 1 saturated heterocycles. The number of halogens is 1. The molecule has 0 atom stereocenters. The summed E-state index contributed by atoms with van der Waals surface area (Å²) in [7, 11) is 3.78. The van der Waals surface area contributed by atoms with Crippen molar-refractivity contribution in [1.82, 2.24) is 9.80 Å². The van der Waals surface area contributed by atoms with Gasteiger partial charge in [0.1, 0.15) is 5.75 Å². The van der Waals surface area contributed by atoms with Crippen molar-refractivity contribution in [3.63, 3.8) is 0 Å². The fourth-order valence-electron chi connectivity index (χ4n) is 1.58. The van der Waals surface area contributed by atoms with Crippen LogP contribution in [0.5, 0.6) is 5.75 Å². The van der Waals surface area contributed by atoms with E-state index in [0.29, 0.717) is 0 Å². The number of hydrogen-bond acceptors (Lipinski definition) is 3. The molecule has 0 spiro atoms. The molecule has 1 heterocycles. The summed E-state index contributed by atoms with van der Waals surface area (Å²) in [5.41, 5.74) is 0. The summed E-state index contributed by atoms with van der Waals surface area (Å²) in [6, 6.07) is 7.23. The molecule has 3 nitrogen and oxygen atoms in total. The highest BCUT2D eigenvalue weighted by atomic mass is 35.5. The molecule has 0 radical (unpaired) electrons. The van der Waals surface area contributed by atoms with Crippen molar-refractivity contribution in [2.75, 3.05) is 40.3 Å². The Morgan fingerprint density at radius 1 is 0.917 bits per heavy atom. The van der Waals surface area contributed by atoms with Crippen molar-refractivity contribution in [2.24, 2.45) is 0 Å². The highest BCUT2D eigenvalue weighted by Crippen LogP contribution is 2.14. The number of likely N-dealkylation sites (N-methyl/N-ethyl adjacent to an activating group) is 1. The van der Waals surface area contributed by atoms with Gasteiger partial charge >= 0.3 is 0 Å². The SMILES string of the molecule is C=CN1CCN(C)CC1.CC.CC.CC.COc1ccc(Cl)cc1. The number of nitrogens with zero attached hydrogens (tertiary/aromatic N) is 2. The first-order valence-electron chi connectivity index (χ1n) is 9.00. The Morgan fingerprint density at radius 3 is 1.67 bits per heavy atom. The summed E-state index contributed by atoms with van der Waals surface area (Å²) in [5.74, 6) is 0.833. The zero-order valence-electron chi connectivity index (χ0n) is 17.1. The van der Waals surface area contributed by atoms with Crippen LogP contribution in [-0.2, 0) is 0 Å². The van der Waals surface area contributed by atoms with Gasteiger partial charge in [-0.15, -0.1) is 0 Å². The van der Waals surface area contributed by atoms with Crippen LogP contribution in [0.3, 0.4) is 0 Å². The largest absolute Gasteiger partial charge is 0.497 e. The van der Waals surface area contributed by atoms with E-state index in [0.717, 1.165) is 23.9 Å². The zero-order valence-corrected chi connectivity index (χ0v) is 17.9. The number of rotatable bonds is 2. The van der Waals surface area contributed by atoms with E-state index in [1.54, 1.807) is 19.2 Å². The first kappa shape index (κ1) is 27.6. The fraction of sp³-hybridized carbons (Fsp3) is 0.600. The molecule has 2 rings (SSSR count). The lowest BCUT2D eigenvalue weighted by atomic mass is 10.3. The second-order valence-electron chi connectivity index (χ2n) is 4.18. The van der Waals surface area contributed by atoms with Gasteiger partial charge in [-0.05, 0) is 37.5 Å². The average molecular weight is 359 g/mol. The monoisotopic (exact) mass is 358 g/mol. The lowest BCUT2D eigenvalue weighted by molar-refractivity contribution is 0.199. The Hall–Kier alpha value is -1.19. The van der Waals surface area contributed by atoms with Crippen LogP contribution in [0.1, 0.15) is 41.5 Å². The molecule has 1 aliphatic rings. The molecule has 24 heavy (non-hydrogen) atoms. The second-order valence-corrected chi connectivity index (χ2v) is 4.62. The number of benzene rings is 1. The summed E-state index contributed by atoms with van der Waals surface area (Å²) in [5, 5.41) is 0.732. The van der Waals surface area contributed by atoms with Gasteiger partial charge in [0.05, 0.1) is 7.11 Å². The van der Waals surface area contributed by atoms with Crippen molar-refractivity contribution in [2.45, 2.75) is 41.5 Å². The minimum atomic E-state index is 0.732. The molecule has 0 saturated carbocycles. The van der Waals surface area contributed by atoms with Gasteiger partial charge in [-0.2, -0.15) is 0 Å². The fourth-order valence-corrected chi connectivity index (χ4v) is 1.70. The molecule has 0 N–H and O–H groups in total. The summed E-state index contributed by atoms with van der Waals surface area (Å²) in [6.07, 6.45) is 1.92. The van der Waals surface area contributed by atoms with Gasteiger partial charge < -0.3 is 14.5 Å². The molecule has 1 aliphatic heterocycles. The maximum absolute atomic E-state index is 5.61. The molecule has 1 fully saturated rings. The minimum Gasteiger partial charge on any atom is -0.497 e. The van der Waals surface area contributed by atoms with Crippen molar-refractivity contribution in [3.8, 4) is 5.75 Å². The quantitative estimate of drug-likeness (QED) is 0.663. The third kappa shape index (κ3) is 15.7. The Labute approximate surface area is 156 Å². The Kier molecular flexibility index (Phi) is 25.1. The molecule has 0 bridgehead atoms. The van der Waals surface area contributed by atoms with Crippen LogP contribution in [0.25, 0.3) is 0 Å². The van der Waals surface area contributed by atoms with Crippen LogP contribution in [0.15, 0.2) is 37.0 Å². The molecule has 142 valence electrons. The van der Waals surface area contributed by atoms with Crippen LogP contribution in [0.4, 0.5) is 0 Å². The smallest absolute Gasteiger partial charge is 0.118 e. The summed E-state index contributed by atoms with van der Waals surface area (Å²) in [6.45, 7) is 20.3. The lowest BCUT2D eigenvalue weighted by Crippen LogP contribution is -2.41. The normalized spacial score (nSPS) is 12.5. The number of methoxy groups -OCH3 is 1. The van der Waals surface area contributed by atoms with E-state index in [9.17, 15) is 0 Å². The maximum atomic E-state index is 5.61. The number of piperazine rings is 1. The van der Waals surface area contributed by atoms with Gasteiger partial charge in [-0.25, -0.2) is 0 Å². The Bertz CT molecular complexity index is 347. The zero-order chi connectivity index (χ0) is 19.4. The highest BCUT2D eigenvalue weighted by Gasteiger charge is 2.08. The summed E-state index contributed by atoms with van der Waals surface area (Å²) < 4.78 is 4.91. The predicted molar refractivity (Wildman–Crippen MR) is 111 cm³/mol. The van der Waals surface area contributed by atoms with Gasteiger partial charge in [0.15, 0.2) is 0 Å². The summed E-state index contributed by atoms with van der Waals surface area (Å²) in [4.78, 5) is 4.58. The lowest BCUT2D eigenvalue weighted by Gasteiger charge is -2.31. The van der Waals surface area contributed by atoms with E-state index in [-0.39, 0.29) is 0 Å². The maximum Gasteiger partial charge on any atom is 0.118 e. The summed E-state index contributed by atoms with van der Waals surface area (Å²) >= 11 is 5.61. The first-order valence-corrected chi connectivity index (χ1v) is 9.38. The van der Waals surface area contributed by atoms with Gasteiger partial charge in [0.2, 0.25) is 0 Å². The van der Waals surface area contributed by atoms with E-state index in [4.69, 9.17) is 16.3 Å². The van der Waals surface area contributed by atoms with Crippen molar-refractivity contribution >= 4 is 11.6 Å². The Morgan fingerprint density at radius 2 is 1.33 bits per heavy atom. The van der Waals surface area contributed by atoms with E-state index in [2.05, 4.69) is 23.4 Å². The number of hydrogen-bond donors (Lipinski definition) is 0. The third-order valence-corrected chi connectivity index (χ3v) is 3.10. The van der Waals surface area contributed by atoms with Gasteiger partial charge in [-0.3, -0.25) is 0 Å². The standard InChI is InChI=1S/C7H7ClO.C7H14N2.3C2H6/c1-9-7-4-2-6(8)3-5-7;1-3-9-6-4-8(2)5-7-9;3*1-2/h2-5H,1H3;3H,1,4-7H2,2H3;3*1-2H3. The minimum absolute atomic E-state index is 0.732. The molecule has 0 aromatic heterocycles. The van der Waals surface area contributed by atoms with E-state index in [1.165, 1.54) is 13.1 Å². The molecule has 1 aromatic carbocycles. The molecular weight excluding hydrogens is 320 g/mol. The van der Waals surface area contributed by atoms with E-state index in [1.807, 2.05) is 59.9 Å². The van der Waals surface area contributed by atoms with Gasteiger partial charge in [-0.1, -0.05) is 59.7 Å². The molecule has 0 unspecified atom stereocenters. The topological polar surface area (TPSA) is 15.7 Å². The Balaban J connectivity index is -0.000000281.